The second kappa shape index (κ2) is 5.02. The first-order valence-electron chi connectivity index (χ1n) is 5.00. The van der Waals surface area contributed by atoms with Crippen LogP contribution in [-0.2, 0) is 13.0 Å². The van der Waals surface area contributed by atoms with Crippen molar-refractivity contribution in [3.63, 3.8) is 0 Å². The molecule has 0 unspecified atom stereocenters. The molecule has 0 saturated carbocycles. The second-order valence-corrected chi connectivity index (χ2v) is 3.33. The fourth-order valence-corrected chi connectivity index (χ4v) is 1.54. The number of likely N-dealkylation sites (N-methyl/N-ethyl adjacent to an activating group) is 1. The number of nitrogens with zero attached hydrogens (tertiary/aromatic N) is 2. The maximum Gasteiger partial charge on any atom is 0.0948 e. The van der Waals surface area contributed by atoms with Gasteiger partial charge in [0.05, 0.1) is 6.33 Å². The number of aryl methyl sites for hydroxylation is 1. The average Bonchev–Trinajstić information content (AvgIpc) is 2.52. The van der Waals surface area contributed by atoms with Gasteiger partial charge in [0.15, 0.2) is 0 Å². The first kappa shape index (κ1) is 10.3. The smallest absolute Gasteiger partial charge is 0.0948 e. The normalized spacial score (nSPS) is 13.2. The van der Waals surface area contributed by atoms with Crippen molar-refractivity contribution in [1.29, 1.82) is 0 Å². The molecule has 0 bridgehead atoms. The van der Waals surface area contributed by atoms with E-state index >= 15 is 0 Å². The quantitative estimate of drug-likeness (QED) is 0.745. The van der Waals surface area contributed by atoms with Gasteiger partial charge < -0.3 is 9.88 Å². The van der Waals surface area contributed by atoms with Gasteiger partial charge in [-0.3, -0.25) is 0 Å². The van der Waals surface area contributed by atoms with E-state index in [4.69, 9.17) is 0 Å². The zero-order valence-electron chi connectivity index (χ0n) is 8.75. The van der Waals surface area contributed by atoms with Crippen molar-refractivity contribution >= 4 is 0 Å². The average molecular weight is 181 g/mol. The highest BCUT2D eigenvalue weighted by Gasteiger charge is 2.05. The van der Waals surface area contributed by atoms with Gasteiger partial charge in [-0.2, -0.15) is 0 Å². The van der Waals surface area contributed by atoms with Gasteiger partial charge in [0.25, 0.3) is 0 Å². The molecule has 0 aliphatic heterocycles. The molecule has 0 amide bonds. The Morgan fingerprint density at radius 3 is 2.92 bits per heavy atom. The fourth-order valence-electron chi connectivity index (χ4n) is 1.54. The number of aromatic nitrogens is 2. The van der Waals surface area contributed by atoms with Gasteiger partial charge in [-0.15, -0.1) is 0 Å². The SMILES string of the molecule is CCN[C@H](C)Cc1cncn1CC. The maximum absolute atomic E-state index is 4.14. The van der Waals surface area contributed by atoms with Crippen molar-refractivity contribution in [3.8, 4) is 0 Å². The molecule has 0 fully saturated rings. The van der Waals surface area contributed by atoms with Crippen molar-refractivity contribution in [2.24, 2.45) is 0 Å². The molecule has 0 aliphatic carbocycles. The molecule has 3 nitrogen and oxygen atoms in total. The molecule has 1 N–H and O–H groups in total. The second-order valence-electron chi connectivity index (χ2n) is 3.33. The molecule has 0 aromatic carbocycles. The molecule has 0 saturated heterocycles. The molecule has 1 atom stereocenters. The van der Waals surface area contributed by atoms with Gasteiger partial charge in [0, 0.05) is 30.9 Å². The molecular formula is C10H19N3. The van der Waals surface area contributed by atoms with E-state index in [9.17, 15) is 0 Å². The third-order valence-electron chi connectivity index (χ3n) is 2.21. The summed E-state index contributed by atoms with van der Waals surface area (Å²) >= 11 is 0. The molecule has 0 spiro atoms. The van der Waals surface area contributed by atoms with E-state index in [1.165, 1.54) is 5.69 Å². The summed E-state index contributed by atoms with van der Waals surface area (Å²) in [6.07, 6.45) is 4.91. The van der Waals surface area contributed by atoms with Crippen molar-refractivity contribution in [1.82, 2.24) is 14.9 Å². The van der Waals surface area contributed by atoms with Gasteiger partial charge >= 0.3 is 0 Å². The maximum atomic E-state index is 4.14. The molecule has 0 radical (unpaired) electrons. The molecule has 1 aromatic rings. The predicted molar refractivity (Wildman–Crippen MR) is 54.7 cm³/mol. The van der Waals surface area contributed by atoms with Crippen LogP contribution in [0.3, 0.4) is 0 Å². The summed E-state index contributed by atoms with van der Waals surface area (Å²) in [5.74, 6) is 0. The van der Waals surface area contributed by atoms with Crippen molar-refractivity contribution in [2.45, 2.75) is 39.8 Å². The summed E-state index contributed by atoms with van der Waals surface area (Å²) in [4.78, 5) is 4.14. The van der Waals surface area contributed by atoms with Crippen LogP contribution in [0, 0.1) is 0 Å². The van der Waals surface area contributed by atoms with Crippen LogP contribution in [0.2, 0.25) is 0 Å². The number of rotatable bonds is 5. The van der Waals surface area contributed by atoms with E-state index < -0.39 is 0 Å². The van der Waals surface area contributed by atoms with Gasteiger partial charge in [-0.1, -0.05) is 6.92 Å². The van der Waals surface area contributed by atoms with E-state index in [-0.39, 0.29) is 0 Å². The lowest BCUT2D eigenvalue weighted by atomic mass is 10.2. The Morgan fingerprint density at radius 1 is 1.54 bits per heavy atom. The lowest BCUT2D eigenvalue weighted by Crippen LogP contribution is -2.28. The largest absolute Gasteiger partial charge is 0.335 e. The molecule has 0 aliphatic rings. The standard InChI is InChI=1S/C10H19N3/c1-4-12-9(3)6-10-7-11-8-13(10)5-2/h7-9,12H,4-6H2,1-3H3/t9-/m1/s1. The molecule has 1 heterocycles. The number of nitrogens with one attached hydrogen (secondary N) is 1. The van der Waals surface area contributed by atoms with Crippen LogP contribution in [-0.4, -0.2) is 22.1 Å². The van der Waals surface area contributed by atoms with E-state index in [0.29, 0.717) is 6.04 Å². The first-order chi connectivity index (χ1) is 6.27. The fraction of sp³-hybridized carbons (Fsp3) is 0.700. The van der Waals surface area contributed by atoms with Crippen LogP contribution < -0.4 is 5.32 Å². The van der Waals surface area contributed by atoms with Crippen molar-refractivity contribution < 1.29 is 0 Å². The van der Waals surface area contributed by atoms with Crippen LogP contribution in [0.1, 0.15) is 26.5 Å². The third-order valence-corrected chi connectivity index (χ3v) is 2.21. The minimum Gasteiger partial charge on any atom is -0.335 e. The molecular weight excluding hydrogens is 162 g/mol. The molecule has 1 aromatic heterocycles. The molecule has 1 rings (SSSR count). The molecule has 74 valence electrons. The Balaban J connectivity index is 2.52. The van der Waals surface area contributed by atoms with Gasteiger partial charge in [-0.25, -0.2) is 4.98 Å². The van der Waals surface area contributed by atoms with Crippen LogP contribution in [0.5, 0.6) is 0 Å². The van der Waals surface area contributed by atoms with Crippen LogP contribution in [0.4, 0.5) is 0 Å². The Hall–Kier alpha value is -0.830. The van der Waals surface area contributed by atoms with Crippen molar-refractivity contribution in [3.05, 3.63) is 18.2 Å². The van der Waals surface area contributed by atoms with Gasteiger partial charge in [0.2, 0.25) is 0 Å². The van der Waals surface area contributed by atoms with Crippen molar-refractivity contribution in [2.75, 3.05) is 6.54 Å². The van der Waals surface area contributed by atoms with E-state index in [1.807, 2.05) is 12.5 Å². The van der Waals surface area contributed by atoms with Crippen LogP contribution >= 0.6 is 0 Å². The highest BCUT2D eigenvalue weighted by Crippen LogP contribution is 2.02. The lowest BCUT2D eigenvalue weighted by molar-refractivity contribution is 0.544. The number of imidazole rings is 1. The lowest BCUT2D eigenvalue weighted by Gasteiger charge is -2.12. The van der Waals surface area contributed by atoms with E-state index in [0.717, 1.165) is 19.5 Å². The molecule has 13 heavy (non-hydrogen) atoms. The zero-order valence-corrected chi connectivity index (χ0v) is 8.75. The van der Waals surface area contributed by atoms with Crippen LogP contribution in [0.15, 0.2) is 12.5 Å². The topological polar surface area (TPSA) is 29.9 Å². The Morgan fingerprint density at radius 2 is 2.31 bits per heavy atom. The number of hydrogen-bond acceptors (Lipinski definition) is 2. The Labute approximate surface area is 80.2 Å². The summed E-state index contributed by atoms with van der Waals surface area (Å²) in [6.45, 7) is 8.52. The highest BCUT2D eigenvalue weighted by molar-refractivity contribution is 5.00. The Kier molecular flexibility index (Phi) is 3.96. The van der Waals surface area contributed by atoms with Gasteiger partial charge in [-0.05, 0) is 20.4 Å². The predicted octanol–water partition coefficient (Wildman–Crippen LogP) is 1.44. The zero-order chi connectivity index (χ0) is 9.68. The summed E-state index contributed by atoms with van der Waals surface area (Å²) in [7, 11) is 0. The third kappa shape index (κ3) is 2.84. The summed E-state index contributed by atoms with van der Waals surface area (Å²) < 4.78 is 2.19. The van der Waals surface area contributed by atoms with E-state index in [2.05, 4.69) is 35.6 Å². The first-order valence-corrected chi connectivity index (χ1v) is 5.00. The highest BCUT2D eigenvalue weighted by atomic mass is 15.0. The van der Waals surface area contributed by atoms with Gasteiger partial charge in [0.1, 0.15) is 0 Å². The summed E-state index contributed by atoms with van der Waals surface area (Å²) in [6, 6.07) is 0.534. The monoisotopic (exact) mass is 181 g/mol. The van der Waals surface area contributed by atoms with E-state index in [1.54, 1.807) is 0 Å². The Bertz CT molecular complexity index is 242. The minimum atomic E-state index is 0.534. The number of hydrogen-bond donors (Lipinski definition) is 1. The summed E-state index contributed by atoms with van der Waals surface area (Å²) in [5.41, 5.74) is 1.32. The molecule has 3 heteroatoms. The minimum absolute atomic E-state index is 0.534. The van der Waals surface area contributed by atoms with Crippen LogP contribution in [0.25, 0.3) is 0 Å². The summed E-state index contributed by atoms with van der Waals surface area (Å²) in [5, 5.41) is 3.39.